The van der Waals surface area contributed by atoms with Crippen molar-refractivity contribution in [3.8, 4) is 11.5 Å². The summed E-state index contributed by atoms with van der Waals surface area (Å²) in [4.78, 5) is 39.4. The van der Waals surface area contributed by atoms with Gasteiger partial charge in [-0.15, -0.1) is 0 Å². The largest absolute Gasteiger partial charge is 0.493 e. The van der Waals surface area contributed by atoms with Crippen molar-refractivity contribution >= 4 is 46.4 Å². The molecule has 0 aliphatic carbocycles. The molecule has 0 unspecified atom stereocenters. The summed E-state index contributed by atoms with van der Waals surface area (Å²) in [6.07, 6.45) is 0.0800. The van der Waals surface area contributed by atoms with Gasteiger partial charge in [0.15, 0.2) is 18.1 Å². The zero-order chi connectivity index (χ0) is 26.4. The monoisotopic (exact) mass is 522 g/mol. The Kier molecular flexibility index (Phi) is 8.15. The van der Waals surface area contributed by atoms with E-state index in [9.17, 15) is 14.4 Å². The number of amides is 3. The molecule has 0 saturated carbocycles. The van der Waals surface area contributed by atoms with E-state index in [-0.39, 0.29) is 43.0 Å². The van der Waals surface area contributed by atoms with Crippen LogP contribution in [0.2, 0.25) is 5.02 Å². The van der Waals surface area contributed by atoms with Crippen LogP contribution < -0.4 is 30.5 Å². The van der Waals surface area contributed by atoms with Crippen molar-refractivity contribution in [2.24, 2.45) is 5.92 Å². The lowest BCUT2D eigenvalue weighted by atomic mass is 10.1. The lowest BCUT2D eigenvalue weighted by Gasteiger charge is -2.18. The molecule has 3 N–H and O–H groups in total. The molecule has 1 aliphatic rings. The van der Waals surface area contributed by atoms with E-state index in [2.05, 4.69) is 16.2 Å². The number of methoxy groups -OCH3 is 1. The molecule has 1 heterocycles. The van der Waals surface area contributed by atoms with Crippen LogP contribution in [-0.4, -0.2) is 38.0 Å². The SMILES string of the molecule is COc1cccc(NNC(=O)[C@H]2CC(=O)N(c3ccc(Cl)cc3)C2)c1OCC(=O)Nc1ccccc1C. The molecule has 3 amide bonds. The maximum absolute atomic E-state index is 12.9. The fourth-order valence-corrected chi connectivity index (χ4v) is 4.07. The fourth-order valence-electron chi connectivity index (χ4n) is 3.95. The maximum atomic E-state index is 12.9. The zero-order valence-corrected chi connectivity index (χ0v) is 21.2. The molecular formula is C27H27ClN4O5. The van der Waals surface area contributed by atoms with Crippen molar-refractivity contribution in [1.29, 1.82) is 0 Å². The molecule has 0 bridgehead atoms. The van der Waals surface area contributed by atoms with Crippen molar-refractivity contribution in [2.45, 2.75) is 13.3 Å². The Hall–Kier alpha value is -4.24. The van der Waals surface area contributed by atoms with Crippen LogP contribution in [0.4, 0.5) is 17.1 Å². The van der Waals surface area contributed by atoms with E-state index in [0.29, 0.717) is 27.8 Å². The van der Waals surface area contributed by atoms with Gasteiger partial charge in [0.25, 0.3) is 5.91 Å². The second-order valence-electron chi connectivity index (χ2n) is 8.48. The second-order valence-corrected chi connectivity index (χ2v) is 8.92. The predicted molar refractivity (Wildman–Crippen MR) is 142 cm³/mol. The Bertz CT molecular complexity index is 1300. The number of nitrogens with one attached hydrogen (secondary N) is 3. The molecule has 0 aromatic heterocycles. The number of anilines is 3. The number of hydrogen-bond donors (Lipinski definition) is 3. The smallest absolute Gasteiger partial charge is 0.262 e. The van der Waals surface area contributed by atoms with Gasteiger partial charge in [-0.25, -0.2) is 0 Å². The average molecular weight is 523 g/mol. The first-order valence-corrected chi connectivity index (χ1v) is 12.0. The Morgan fingerprint density at radius 3 is 2.49 bits per heavy atom. The van der Waals surface area contributed by atoms with Crippen LogP contribution in [0.25, 0.3) is 0 Å². The molecule has 3 aromatic carbocycles. The number of hydrogen-bond acceptors (Lipinski definition) is 6. The van der Waals surface area contributed by atoms with Crippen LogP contribution in [0.3, 0.4) is 0 Å². The summed E-state index contributed by atoms with van der Waals surface area (Å²) in [5.41, 5.74) is 8.19. The van der Waals surface area contributed by atoms with Gasteiger partial charge in [-0.3, -0.25) is 25.2 Å². The Balaban J connectivity index is 1.37. The molecule has 9 nitrogen and oxygen atoms in total. The number of carbonyl (C=O) groups excluding carboxylic acids is 3. The van der Waals surface area contributed by atoms with Gasteiger partial charge < -0.3 is 19.7 Å². The van der Waals surface area contributed by atoms with E-state index in [1.807, 2.05) is 25.1 Å². The van der Waals surface area contributed by atoms with Gasteiger partial charge in [-0.1, -0.05) is 35.9 Å². The van der Waals surface area contributed by atoms with E-state index in [0.717, 1.165) is 5.56 Å². The van der Waals surface area contributed by atoms with Crippen LogP contribution in [0.1, 0.15) is 12.0 Å². The summed E-state index contributed by atoms with van der Waals surface area (Å²) in [5.74, 6) is -0.751. The standard InChI is InChI=1S/C27H27ClN4O5/c1-17-6-3-4-7-21(17)29-24(33)16-37-26-22(8-5-9-23(26)36-2)30-31-27(35)18-14-25(34)32(15-18)20-12-10-19(28)11-13-20/h3-13,18,30H,14-16H2,1-2H3,(H,29,33)(H,31,35)/t18-/m0/s1. The number of para-hydroxylation sites is 2. The topological polar surface area (TPSA) is 109 Å². The van der Waals surface area contributed by atoms with Crippen LogP contribution in [-0.2, 0) is 14.4 Å². The molecular weight excluding hydrogens is 496 g/mol. The molecule has 3 aromatic rings. The van der Waals surface area contributed by atoms with E-state index in [1.54, 1.807) is 53.4 Å². The summed E-state index contributed by atoms with van der Waals surface area (Å²) in [6.45, 7) is 1.87. The normalized spacial score (nSPS) is 14.7. The third kappa shape index (κ3) is 6.31. The number of hydrazine groups is 1. The van der Waals surface area contributed by atoms with Crippen LogP contribution in [0, 0.1) is 12.8 Å². The summed E-state index contributed by atoms with van der Waals surface area (Å²) >= 11 is 5.93. The highest BCUT2D eigenvalue weighted by atomic mass is 35.5. The third-order valence-corrected chi connectivity index (χ3v) is 6.17. The maximum Gasteiger partial charge on any atom is 0.262 e. The molecule has 10 heteroatoms. The van der Waals surface area contributed by atoms with Gasteiger partial charge in [0.1, 0.15) is 0 Å². The molecule has 192 valence electrons. The van der Waals surface area contributed by atoms with Crippen molar-refractivity contribution in [3.05, 3.63) is 77.3 Å². The highest BCUT2D eigenvalue weighted by molar-refractivity contribution is 6.30. The van der Waals surface area contributed by atoms with E-state index in [1.165, 1.54) is 7.11 Å². The quantitative estimate of drug-likeness (QED) is 0.364. The first kappa shape index (κ1) is 25.8. The van der Waals surface area contributed by atoms with Crippen molar-refractivity contribution < 1.29 is 23.9 Å². The molecule has 1 atom stereocenters. The molecule has 37 heavy (non-hydrogen) atoms. The first-order chi connectivity index (χ1) is 17.9. The van der Waals surface area contributed by atoms with Crippen molar-refractivity contribution in [2.75, 3.05) is 35.9 Å². The average Bonchev–Trinajstić information content (AvgIpc) is 3.29. The molecule has 1 aliphatic heterocycles. The minimum atomic E-state index is -0.550. The van der Waals surface area contributed by atoms with E-state index < -0.39 is 5.92 Å². The summed E-state index contributed by atoms with van der Waals surface area (Å²) < 4.78 is 11.1. The summed E-state index contributed by atoms with van der Waals surface area (Å²) in [5, 5.41) is 3.38. The predicted octanol–water partition coefficient (Wildman–Crippen LogP) is 4.17. The van der Waals surface area contributed by atoms with Gasteiger partial charge >= 0.3 is 0 Å². The molecule has 4 rings (SSSR count). The second kappa shape index (κ2) is 11.7. The Labute approximate surface area is 219 Å². The van der Waals surface area contributed by atoms with Gasteiger partial charge in [0.2, 0.25) is 11.8 Å². The number of aryl methyl sites for hydroxylation is 1. The number of ether oxygens (including phenoxy) is 2. The number of nitrogens with zero attached hydrogens (tertiary/aromatic N) is 1. The van der Waals surface area contributed by atoms with Gasteiger partial charge in [0.05, 0.1) is 18.7 Å². The lowest BCUT2D eigenvalue weighted by Crippen LogP contribution is -2.36. The number of benzene rings is 3. The number of carbonyl (C=O) groups is 3. The van der Waals surface area contributed by atoms with Crippen molar-refractivity contribution in [3.63, 3.8) is 0 Å². The Morgan fingerprint density at radius 2 is 1.76 bits per heavy atom. The van der Waals surface area contributed by atoms with Crippen LogP contribution in [0.15, 0.2) is 66.7 Å². The molecule has 1 fully saturated rings. The molecule has 0 spiro atoms. The molecule has 0 radical (unpaired) electrons. The van der Waals surface area contributed by atoms with Gasteiger partial charge in [-0.05, 0) is 55.0 Å². The number of rotatable bonds is 9. The fraction of sp³-hybridized carbons (Fsp3) is 0.222. The number of halogens is 1. The summed E-state index contributed by atoms with van der Waals surface area (Å²) in [7, 11) is 1.48. The highest BCUT2D eigenvalue weighted by Gasteiger charge is 2.35. The zero-order valence-electron chi connectivity index (χ0n) is 20.4. The van der Waals surface area contributed by atoms with Gasteiger partial charge in [0, 0.05) is 29.4 Å². The van der Waals surface area contributed by atoms with Crippen molar-refractivity contribution in [1.82, 2.24) is 5.43 Å². The summed E-state index contributed by atoms with van der Waals surface area (Å²) in [6, 6.07) is 19.4. The van der Waals surface area contributed by atoms with Crippen LogP contribution >= 0.6 is 11.6 Å². The minimum absolute atomic E-state index is 0.0800. The first-order valence-electron chi connectivity index (χ1n) is 11.6. The van der Waals surface area contributed by atoms with Gasteiger partial charge in [-0.2, -0.15) is 0 Å². The van der Waals surface area contributed by atoms with E-state index >= 15 is 0 Å². The Morgan fingerprint density at radius 1 is 1.03 bits per heavy atom. The minimum Gasteiger partial charge on any atom is -0.493 e. The van der Waals surface area contributed by atoms with E-state index in [4.69, 9.17) is 21.1 Å². The van der Waals surface area contributed by atoms with Crippen LogP contribution in [0.5, 0.6) is 11.5 Å². The highest BCUT2D eigenvalue weighted by Crippen LogP contribution is 2.35. The molecule has 1 saturated heterocycles. The third-order valence-electron chi connectivity index (χ3n) is 5.92. The lowest BCUT2D eigenvalue weighted by molar-refractivity contribution is -0.125.